The minimum absolute atomic E-state index is 0.655. The van der Waals surface area contributed by atoms with Gasteiger partial charge in [-0.3, -0.25) is 0 Å². The average Bonchev–Trinajstić information content (AvgIpc) is 2.53. The van der Waals surface area contributed by atoms with Gasteiger partial charge in [0.05, 0.1) is 0 Å². The molecule has 1 atom stereocenters. The van der Waals surface area contributed by atoms with Crippen LogP contribution >= 0.6 is 0 Å². The van der Waals surface area contributed by atoms with Crippen LogP contribution in [0.5, 0.6) is 0 Å². The van der Waals surface area contributed by atoms with Crippen LogP contribution in [0, 0.1) is 5.92 Å². The Balaban J connectivity index is 1.48. The molecule has 0 bridgehead atoms. The van der Waals surface area contributed by atoms with Crippen LogP contribution in [0.3, 0.4) is 0 Å². The number of rotatable bonds is 8. The van der Waals surface area contributed by atoms with Crippen LogP contribution < -0.4 is 5.32 Å². The van der Waals surface area contributed by atoms with Gasteiger partial charge in [-0.05, 0) is 75.8 Å². The summed E-state index contributed by atoms with van der Waals surface area (Å²) in [6.07, 6.45) is 5.30. The van der Waals surface area contributed by atoms with Gasteiger partial charge in [-0.25, -0.2) is 0 Å². The summed E-state index contributed by atoms with van der Waals surface area (Å²) in [6.45, 7) is 10.9. The van der Waals surface area contributed by atoms with Crippen LogP contribution in [0.25, 0.3) is 0 Å². The van der Waals surface area contributed by atoms with Crippen LogP contribution in [0.4, 0.5) is 0 Å². The molecule has 1 aliphatic rings. The summed E-state index contributed by atoms with van der Waals surface area (Å²) in [7, 11) is 0. The third kappa shape index (κ3) is 6.19. The van der Waals surface area contributed by atoms with Gasteiger partial charge >= 0.3 is 0 Å². The number of hydrogen-bond donors (Lipinski definition) is 1. The van der Waals surface area contributed by atoms with E-state index in [-0.39, 0.29) is 0 Å². The molecule has 21 heavy (non-hydrogen) atoms. The van der Waals surface area contributed by atoms with Crippen LogP contribution in [0.15, 0.2) is 30.3 Å². The van der Waals surface area contributed by atoms with Gasteiger partial charge in [0.2, 0.25) is 0 Å². The van der Waals surface area contributed by atoms with E-state index in [0.29, 0.717) is 5.92 Å². The van der Waals surface area contributed by atoms with E-state index in [4.69, 9.17) is 0 Å². The summed E-state index contributed by atoms with van der Waals surface area (Å²) in [5, 5.41) is 3.61. The zero-order chi connectivity index (χ0) is 14.9. The summed E-state index contributed by atoms with van der Waals surface area (Å²) >= 11 is 0. The molecule has 0 aliphatic carbocycles. The SMILES string of the molecule is CC1CCN(CCCNCCC(C)c2ccccc2)CC1. The molecule has 1 heterocycles. The first-order valence-corrected chi connectivity index (χ1v) is 8.73. The number of benzene rings is 1. The number of nitrogens with zero attached hydrogens (tertiary/aromatic N) is 1. The summed E-state index contributed by atoms with van der Waals surface area (Å²) in [4.78, 5) is 2.63. The Morgan fingerprint density at radius 3 is 2.57 bits per heavy atom. The average molecular weight is 288 g/mol. The van der Waals surface area contributed by atoms with Crippen molar-refractivity contribution in [1.29, 1.82) is 0 Å². The van der Waals surface area contributed by atoms with E-state index in [9.17, 15) is 0 Å². The molecule has 1 aromatic carbocycles. The fraction of sp³-hybridized carbons (Fsp3) is 0.684. The van der Waals surface area contributed by atoms with Crippen molar-refractivity contribution in [3.63, 3.8) is 0 Å². The van der Waals surface area contributed by atoms with E-state index < -0.39 is 0 Å². The van der Waals surface area contributed by atoms with Crippen molar-refractivity contribution < 1.29 is 0 Å². The zero-order valence-corrected chi connectivity index (χ0v) is 13.9. The van der Waals surface area contributed by atoms with Gasteiger partial charge in [0, 0.05) is 0 Å². The maximum Gasteiger partial charge on any atom is -0.000664 e. The quantitative estimate of drug-likeness (QED) is 0.730. The van der Waals surface area contributed by atoms with Crippen molar-refractivity contribution in [2.45, 2.75) is 45.4 Å². The molecule has 118 valence electrons. The van der Waals surface area contributed by atoms with E-state index in [2.05, 4.69) is 54.4 Å². The van der Waals surface area contributed by atoms with E-state index in [0.717, 1.165) is 19.0 Å². The molecule has 1 fully saturated rings. The second-order valence-corrected chi connectivity index (χ2v) is 6.73. The van der Waals surface area contributed by atoms with Crippen LogP contribution in [-0.4, -0.2) is 37.6 Å². The minimum atomic E-state index is 0.655. The van der Waals surface area contributed by atoms with Crippen LogP contribution in [-0.2, 0) is 0 Å². The summed E-state index contributed by atoms with van der Waals surface area (Å²) in [5.41, 5.74) is 1.46. The maximum absolute atomic E-state index is 3.61. The molecule has 2 heteroatoms. The molecule has 1 aliphatic heterocycles. The van der Waals surface area contributed by atoms with Crippen molar-refractivity contribution in [3.05, 3.63) is 35.9 Å². The summed E-state index contributed by atoms with van der Waals surface area (Å²) in [6, 6.07) is 10.8. The predicted octanol–water partition coefficient (Wildman–Crippen LogP) is 3.89. The lowest BCUT2D eigenvalue weighted by molar-refractivity contribution is 0.190. The molecule has 0 radical (unpaired) electrons. The smallest absolute Gasteiger partial charge is 0.000664 e. The highest BCUT2D eigenvalue weighted by molar-refractivity contribution is 5.18. The molecule has 0 saturated carbocycles. The van der Waals surface area contributed by atoms with Crippen molar-refractivity contribution in [2.75, 3.05) is 32.7 Å². The van der Waals surface area contributed by atoms with Gasteiger partial charge in [0.1, 0.15) is 0 Å². The first-order chi connectivity index (χ1) is 10.3. The number of likely N-dealkylation sites (tertiary alicyclic amines) is 1. The Hall–Kier alpha value is -0.860. The number of nitrogens with one attached hydrogen (secondary N) is 1. The van der Waals surface area contributed by atoms with Crippen molar-refractivity contribution in [3.8, 4) is 0 Å². The van der Waals surface area contributed by atoms with E-state index in [1.165, 1.54) is 50.9 Å². The molecule has 1 aromatic rings. The Labute approximate surface area is 130 Å². The molecule has 2 rings (SSSR count). The fourth-order valence-corrected chi connectivity index (χ4v) is 3.11. The van der Waals surface area contributed by atoms with Gasteiger partial charge in [-0.15, -0.1) is 0 Å². The standard InChI is InChI=1S/C19H32N2/c1-17-10-15-21(16-11-17)14-6-12-20-13-9-18(2)19-7-4-3-5-8-19/h3-5,7-8,17-18,20H,6,9-16H2,1-2H3. The fourth-order valence-electron chi connectivity index (χ4n) is 3.11. The highest BCUT2D eigenvalue weighted by atomic mass is 15.1. The van der Waals surface area contributed by atoms with Crippen LogP contribution in [0.1, 0.15) is 51.0 Å². The molecule has 2 nitrogen and oxygen atoms in total. The van der Waals surface area contributed by atoms with Gasteiger partial charge in [0.25, 0.3) is 0 Å². The lowest BCUT2D eigenvalue weighted by atomic mass is 9.98. The predicted molar refractivity (Wildman–Crippen MR) is 91.8 cm³/mol. The highest BCUT2D eigenvalue weighted by Gasteiger charge is 2.14. The Morgan fingerprint density at radius 1 is 1.14 bits per heavy atom. The molecule has 0 aromatic heterocycles. The lowest BCUT2D eigenvalue weighted by Gasteiger charge is -2.30. The van der Waals surface area contributed by atoms with Crippen molar-refractivity contribution >= 4 is 0 Å². The molecule has 1 unspecified atom stereocenters. The monoisotopic (exact) mass is 288 g/mol. The van der Waals surface area contributed by atoms with Gasteiger partial charge in [-0.1, -0.05) is 44.2 Å². The van der Waals surface area contributed by atoms with Crippen molar-refractivity contribution in [2.24, 2.45) is 5.92 Å². The Morgan fingerprint density at radius 2 is 1.86 bits per heavy atom. The Bertz CT molecular complexity index is 368. The van der Waals surface area contributed by atoms with Crippen molar-refractivity contribution in [1.82, 2.24) is 10.2 Å². The Kier molecular flexibility index (Phi) is 7.25. The lowest BCUT2D eigenvalue weighted by Crippen LogP contribution is -2.34. The third-order valence-electron chi connectivity index (χ3n) is 4.83. The molecule has 0 amide bonds. The summed E-state index contributed by atoms with van der Waals surface area (Å²) in [5.74, 6) is 1.60. The van der Waals surface area contributed by atoms with E-state index in [1.807, 2.05) is 0 Å². The molecular weight excluding hydrogens is 256 g/mol. The molecule has 1 N–H and O–H groups in total. The van der Waals surface area contributed by atoms with E-state index >= 15 is 0 Å². The third-order valence-corrected chi connectivity index (χ3v) is 4.83. The molecule has 0 spiro atoms. The molecule has 1 saturated heterocycles. The van der Waals surface area contributed by atoms with Gasteiger partial charge in [-0.2, -0.15) is 0 Å². The second-order valence-electron chi connectivity index (χ2n) is 6.73. The minimum Gasteiger partial charge on any atom is -0.317 e. The summed E-state index contributed by atoms with van der Waals surface area (Å²) < 4.78 is 0. The second kappa shape index (κ2) is 9.22. The van der Waals surface area contributed by atoms with Gasteiger partial charge < -0.3 is 10.2 Å². The normalized spacial score (nSPS) is 18.8. The highest BCUT2D eigenvalue weighted by Crippen LogP contribution is 2.17. The maximum atomic E-state index is 3.61. The largest absolute Gasteiger partial charge is 0.317 e. The molecular formula is C19H32N2. The van der Waals surface area contributed by atoms with Gasteiger partial charge in [0.15, 0.2) is 0 Å². The topological polar surface area (TPSA) is 15.3 Å². The number of hydrogen-bond acceptors (Lipinski definition) is 2. The first kappa shape index (κ1) is 16.5. The first-order valence-electron chi connectivity index (χ1n) is 8.73. The number of piperidine rings is 1. The zero-order valence-electron chi connectivity index (χ0n) is 13.9. The van der Waals surface area contributed by atoms with Crippen LogP contribution in [0.2, 0.25) is 0 Å². The van der Waals surface area contributed by atoms with E-state index in [1.54, 1.807) is 0 Å².